The van der Waals surface area contributed by atoms with Crippen molar-refractivity contribution < 1.29 is 19.4 Å². The van der Waals surface area contributed by atoms with E-state index < -0.39 is 17.8 Å². The molecule has 0 heterocycles. The first kappa shape index (κ1) is 20.0. The van der Waals surface area contributed by atoms with Gasteiger partial charge in [-0.3, -0.25) is 0 Å². The van der Waals surface area contributed by atoms with E-state index in [2.05, 4.69) is 10.6 Å². The van der Waals surface area contributed by atoms with Gasteiger partial charge < -0.3 is 25.2 Å². The maximum absolute atomic E-state index is 11.5. The smallest absolute Gasteiger partial charge is 0.407 e. The van der Waals surface area contributed by atoms with Crippen LogP contribution in [0.3, 0.4) is 0 Å². The Morgan fingerprint density at radius 1 is 1.12 bits per heavy atom. The fourth-order valence-corrected chi connectivity index (χ4v) is 2.40. The number of aliphatic hydroxyl groups excluding tert-OH is 1. The zero-order valence-corrected chi connectivity index (χ0v) is 15.6. The Bertz CT molecular complexity index is 707. The van der Waals surface area contributed by atoms with Crippen LogP contribution in [0.4, 0.5) is 4.79 Å². The van der Waals surface area contributed by atoms with Crippen molar-refractivity contribution in [2.45, 2.75) is 32.5 Å². The van der Waals surface area contributed by atoms with Gasteiger partial charge in [0.25, 0.3) is 0 Å². The molecule has 2 rings (SSSR count). The first-order valence-electron chi connectivity index (χ1n) is 8.81. The summed E-state index contributed by atoms with van der Waals surface area (Å²) >= 11 is 0. The molecule has 2 aromatic rings. The van der Waals surface area contributed by atoms with Crippen molar-refractivity contribution in [2.75, 3.05) is 26.2 Å². The minimum absolute atomic E-state index is 0.195. The van der Waals surface area contributed by atoms with Crippen LogP contribution in [0.1, 0.15) is 20.8 Å². The summed E-state index contributed by atoms with van der Waals surface area (Å²) < 4.78 is 10.9. The molecule has 1 amide bonds. The summed E-state index contributed by atoms with van der Waals surface area (Å²) in [7, 11) is 0. The number of carbonyl (C=O) groups is 1. The Morgan fingerprint density at radius 2 is 1.85 bits per heavy atom. The van der Waals surface area contributed by atoms with Crippen molar-refractivity contribution in [3.05, 3.63) is 42.5 Å². The number of nitrogens with one attached hydrogen (secondary N) is 2. The molecule has 1 atom stereocenters. The van der Waals surface area contributed by atoms with Crippen molar-refractivity contribution in [3.63, 3.8) is 0 Å². The molecule has 0 spiro atoms. The average Bonchev–Trinajstić information content (AvgIpc) is 2.58. The Morgan fingerprint density at radius 3 is 2.62 bits per heavy atom. The molecule has 0 radical (unpaired) electrons. The van der Waals surface area contributed by atoms with Gasteiger partial charge in [-0.15, -0.1) is 0 Å². The topological polar surface area (TPSA) is 79.8 Å². The van der Waals surface area contributed by atoms with Crippen molar-refractivity contribution in [1.82, 2.24) is 10.6 Å². The second-order valence-electron chi connectivity index (χ2n) is 7.07. The van der Waals surface area contributed by atoms with Crippen molar-refractivity contribution in [2.24, 2.45) is 0 Å². The van der Waals surface area contributed by atoms with Crippen molar-refractivity contribution in [3.8, 4) is 5.75 Å². The Kier molecular flexibility index (Phi) is 7.24. The molecule has 3 N–H and O–H groups in total. The van der Waals surface area contributed by atoms with E-state index >= 15 is 0 Å². The summed E-state index contributed by atoms with van der Waals surface area (Å²) in [5.74, 6) is 0.758. The lowest BCUT2D eigenvalue weighted by molar-refractivity contribution is 0.0527. The molecule has 26 heavy (non-hydrogen) atoms. The standard InChI is InChI=1S/C20H28N2O4/c1-20(2,3)26-19(24)22-12-11-21-13-16(23)14-25-18-10-6-8-15-7-4-5-9-17(15)18/h4-10,16,21,23H,11-14H2,1-3H3,(H,22,24)/t16-/m0/s1. The molecular weight excluding hydrogens is 332 g/mol. The minimum Gasteiger partial charge on any atom is -0.490 e. The van der Waals surface area contributed by atoms with E-state index in [0.29, 0.717) is 19.6 Å². The highest BCUT2D eigenvalue weighted by Crippen LogP contribution is 2.25. The fourth-order valence-electron chi connectivity index (χ4n) is 2.40. The van der Waals surface area contributed by atoms with Crippen LogP contribution in [-0.4, -0.2) is 49.1 Å². The lowest BCUT2D eigenvalue weighted by Crippen LogP contribution is -2.39. The summed E-state index contributed by atoms with van der Waals surface area (Å²) in [6.45, 7) is 6.98. The molecule has 0 aromatic heterocycles. The molecule has 0 unspecified atom stereocenters. The molecule has 2 aromatic carbocycles. The highest BCUT2D eigenvalue weighted by atomic mass is 16.6. The van der Waals surface area contributed by atoms with Crippen LogP contribution >= 0.6 is 0 Å². The molecule has 0 aliphatic rings. The van der Waals surface area contributed by atoms with Crippen LogP contribution in [0.15, 0.2) is 42.5 Å². The van der Waals surface area contributed by atoms with Crippen LogP contribution in [-0.2, 0) is 4.74 Å². The first-order chi connectivity index (χ1) is 12.3. The van der Waals surface area contributed by atoms with Gasteiger partial charge in [0.05, 0.1) is 0 Å². The normalized spacial score (nSPS) is 12.6. The largest absolute Gasteiger partial charge is 0.490 e. The third kappa shape index (κ3) is 6.90. The highest BCUT2D eigenvalue weighted by molar-refractivity contribution is 5.88. The number of carbonyl (C=O) groups excluding carboxylic acids is 1. The summed E-state index contributed by atoms with van der Waals surface area (Å²) in [5, 5.41) is 17.9. The predicted octanol–water partition coefficient (Wildman–Crippen LogP) is 2.69. The van der Waals surface area contributed by atoms with Crippen molar-refractivity contribution >= 4 is 16.9 Å². The number of amides is 1. The fraction of sp³-hybridized carbons (Fsp3) is 0.450. The predicted molar refractivity (Wildman–Crippen MR) is 103 cm³/mol. The maximum atomic E-state index is 11.5. The number of alkyl carbamates (subject to hydrolysis) is 1. The zero-order chi connectivity index (χ0) is 19.0. The van der Waals surface area contributed by atoms with E-state index in [1.54, 1.807) is 0 Å². The van der Waals surface area contributed by atoms with Crippen LogP contribution in [0.25, 0.3) is 10.8 Å². The zero-order valence-electron chi connectivity index (χ0n) is 15.6. The number of benzene rings is 2. The molecule has 0 saturated heterocycles. The van der Waals surface area contributed by atoms with E-state index in [9.17, 15) is 9.90 Å². The summed E-state index contributed by atoms with van der Waals surface area (Å²) in [4.78, 5) is 11.5. The lowest BCUT2D eigenvalue weighted by Gasteiger charge is -2.19. The maximum Gasteiger partial charge on any atom is 0.407 e. The van der Waals surface area contributed by atoms with Gasteiger partial charge >= 0.3 is 6.09 Å². The lowest BCUT2D eigenvalue weighted by atomic mass is 10.1. The molecule has 0 fully saturated rings. The molecule has 6 nitrogen and oxygen atoms in total. The van der Waals surface area contributed by atoms with Gasteiger partial charge in [0.15, 0.2) is 0 Å². The van der Waals surface area contributed by atoms with E-state index in [1.807, 2.05) is 63.2 Å². The van der Waals surface area contributed by atoms with Gasteiger partial charge in [0, 0.05) is 25.0 Å². The number of aliphatic hydroxyl groups is 1. The summed E-state index contributed by atoms with van der Waals surface area (Å²) in [6.07, 6.45) is -1.09. The molecule has 6 heteroatoms. The molecule has 142 valence electrons. The second kappa shape index (κ2) is 9.40. The second-order valence-corrected chi connectivity index (χ2v) is 7.07. The minimum atomic E-state index is -0.643. The first-order valence-corrected chi connectivity index (χ1v) is 8.81. The number of hydrogen-bond acceptors (Lipinski definition) is 5. The summed E-state index contributed by atoms with van der Waals surface area (Å²) in [6, 6.07) is 13.8. The number of rotatable bonds is 8. The number of fused-ring (bicyclic) bond motifs is 1. The van der Waals surface area contributed by atoms with Crippen LogP contribution in [0.5, 0.6) is 5.75 Å². The van der Waals surface area contributed by atoms with Gasteiger partial charge in [-0.2, -0.15) is 0 Å². The summed E-state index contributed by atoms with van der Waals surface area (Å²) in [5.41, 5.74) is -0.507. The quantitative estimate of drug-likeness (QED) is 0.631. The Balaban J connectivity index is 1.65. The van der Waals surface area contributed by atoms with Gasteiger partial charge in [-0.1, -0.05) is 36.4 Å². The van der Waals surface area contributed by atoms with Crippen LogP contribution < -0.4 is 15.4 Å². The van der Waals surface area contributed by atoms with E-state index in [0.717, 1.165) is 16.5 Å². The van der Waals surface area contributed by atoms with E-state index in [1.165, 1.54) is 0 Å². The molecule has 0 saturated carbocycles. The van der Waals surface area contributed by atoms with Gasteiger partial charge in [-0.05, 0) is 32.2 Å². The van der Waals surface area contributed by atoms with Crippen molar-refractivity contribution in [1.29, 1.82) is 0 Å². The Labute approximate surface area is 154 Å². The third-order valence-corrected chi connectivity index (χ3v) is 3.53. The molecule has 0 bridgehead atoms. The van der Waals surface area contributed by atoms with E-state index in [4.69, 9.17) is 9.47 Å². The SMILES string of the molecule is CC(C)(C)OC(=O)NCCNC[C@H](O)COc1cccc2ccccc12. The number of ether oxygens (including phenoxy) is 2. The Hall–Kier alpha value is -2.31. The van der Waals surface area contributed by atoms with E-state index in [-0.39, 0.29) is 6.61 Å². The van der Waals surface area contributed by atoms with Gasteiger partial charge in [-0.25, -0.2) is 4.79 Å². The average molecular weight is 360 g/mol. The van der Waals surface area contributed by atoms with Crippen LogP contribution in [0.2, 0.25) is 0 Å². The van der Waals surface area contributed by atoms with Gasteiger partial charge in [0.2, 0.25) is 0 Å². The monoisotopic (exact) mass is 360 g/mol. The molecular formula is C20H28N2O4. The third-order valence-electron chi connectivity index (χ3n) is 3.53. The van der Waals surface area contributed by atoms with Crippen LogP contribution in [0, 0.1) is 0 Å². The molecule has 0 aliphatic heterocycles. The molecule has 0 aliphatic carbocycles. The highest BCUT2D eigenvalue weighted by Gasteiger charge is 2.15. The van der Waals surface area contributed by atoms with Gasteiger partial charge in [0.1, 0.15) is 24.1 Å². The number of hydrogen-bond donors (Lipinski definition) is 3.